The van der Waals surface area contributed by atoms with Crippen LogP contribution in [0.2, 0.25) is 0 Å². The minimum Gasteiger partial charge on any atom is -0.493 e. The second kappa shape index (κ2) is 8.85. The summed E-state index contributed by atoms with van der Waals surface area (Å²) in [5.41, 5.74) is 3.56. The zero-order chi connectivity index (χ0) is 17.3. The summed E-state index contributed by atoms with van der Waals surface area (Å²) in [6.07, 6.45) is 3.69. The average molecular weight is 335 g/mol. The van der Waals surface area contributed by atoms with Gasteiger partial charge in [0.2, 0.25) is 0 Å². The van der Waals surface area contributed by atoms with Crippen molar-refractivity contribution in [2.75, 3.05) is 7.11 Å². The molecule has 128 valence electrons. The number of rotatable bonds is 8. The number of nitrogens with zero attached hydrogens (tertiary/aromatic N) is 1. The highest BCUT2D eigenvalue weighted by Crippen LogP contribution is 2.28. The van der Waals surface area contributed by atoms with Gasteiger partial charge in [0, 0.05) is 23.5 Å². The van der Waals surface area contributed by atoms with Gasteiger partial charge in [0.05, 0.1) is 7.11 Å². The molecule has 0 saturated heterocycles. The maximum absolute atomic E-state index is 5.90. The number of nitrogens with two attached hydrogens (primary N) is 1. The molecule has 0 aliphatic carbocycles. The summed E-state index contributed by atoms with van der Waals surface area (Å²) in [4.78, 5) is 4.14. The van der Waals surface area contributed by atoms with Gasteiger partial charge in [0.25, 0.3) is 0 Å². The van der Waals surface area contributed by atoms with Gasteiger partial charge >= 0.3 is 0 Å². The molecule has 0 fully saturated rings. The first kappa shape index (κ1) is 17.0. The molecule has 0 aliphatic rings. The first-order valence-corrected chi connectivity index (χ1v) is 8.39. The molecule has 0 saturated carbocycles. The zero-order valence-electron chi connectivity index (χ0n) is 14.4. The van der Waals surface area contributed by atoms with Gasteiger partial charge in [-0.1, -0.05) is 36.4 Å². The molecular formula is C21H23N2O2+. The largest absolute Gasteiger partial charge is 0.493 e. The molecule has 3 aromatic rings. The minimum atomic E-state index is 0.531. The summed E-state index contributed by atoms with van der Waals surface area (Å²) in [5.74, 6) is 1.53. The monoisotopic (exact) mass is 335 g/mol. The van der Waals surface area contributed by atoms with Crippen molar-refractivity contribution in [1.82, 2.24) is 4.98 Å². The molecule has 0 amide bonds. The number of methoxy groups -OCH3 is 1. The number of hydrogen-bond donors (Lipinski definition) is 1. The molecule has 3 rings (SSSR count). The topological polar surface area (TPSA) is 48.0 Å². The Bertz CT molecular complexity index is 776. The average Bonchev–Trinajstić information content (AvgIpc) is 2.68. The highest BCUT2D eigenvalue weighted by atomic mass is 16.5. The van der Waals surface area contributed by atoms with Crippen LogP contribution in [0, 0.1) is 0 Å². The van der Waals surface area contributed by atoms with Crippen molar-refractivity contribution in [3.63, 3.8) is 0 Å². The van der Waals surface area contributed by atoms with Crippen molar-refractivity contribution in [3.05, 3.63) is 89.7 Å². The van der Waals surface area contributed by atoms with Gasteiger partial charge in [-0.05, 0) is 29.8 Å². The number of quaternary nitrogens is 1. The van der Waals surface area contributed by atoms with E-state index < -0.39 is 0 Å². The first-order chi connectivity index (χ1) is 12.3. The van der Waals surface area contributed by atoms with E-state index in [0.717, 1.165) is 30.2 Å². The number of pyridine rings is 1. The van der Waals surface area contributed by atoms with Gasteiger partial charge in [-0.15, -0.1) is 0 Å². The lowest BCUT2D eigenvalue weighted by molar-refractivity contribution is -0.686. The minimum absolute atomic E-state index is 0.531. The molecular weight excluding hydrogens is 312 g/mol. The molecule has 2 aromatic carbocycles. The first-order valence-electron chi connectivity index (χ1n) is 8.39. The van der Waals surface area contributed by atoms with Crippen molar-refractivity contribution in [1.29, 1.82) is 0 Å². The third-order valence-corrected chi connectivity index (χ3v) is 3.95. The lowest BCUT2D eigenvalue weighted by Crippen LogP contribution is -2.80. The molecule has 0 spiro atoms. The zero-order valence-corrected chi connectivity index (χ0v) is 14.4. The second-order valence-electron chi connectivity index (χ2n) is 5.82. The quantitative estimate of drug-likeness (QED) is 0.688. The van der Waals surface area contributed by atoms with Crippen molar-refractivity contribution in [2.24, 2.45) is 0 Å². The summed E-state index contributed by atoms with van der Waals surface area (Å²) in [5, 5.41) is 2.25. The van der Waals surface area contributed by atoms with Gasteiger partial charge in [-0.2, -0.15) is 0 Å². The van der Waals surface area contributed by atoms with Gasteiger partial charge in [0.15, 0.2) is 11.5 Å². The van der Waals surface area contributed by atoms with Crippen molar-refractivity contribution in [3.8, 4) is 11.5 Å². The lowest BCUT2D eigenvalue weighted by Gasteiger charge is -2.12. The molecule has 0 aliphatic heterocycles. The van der Waals surface area contributed by atoms with Crippen LogP contribution in [0.25, 0.3) is 0 Å². The summed E-state index contributed by atoms with van der Waals surface area (Å²) < 4.78 is 11.4. The lowest BCUT2D eigenvalue weighted by atomic mass is 10.2. The van der Waals surface area contributed by atoms with Crippen LogP contribution in [-0.2, 0) is 19.7 Å². The van der Waals surface area contributed by atoms with Crippen LogP contribution in [0.4, 0.5) is 0 Å². The highest BCUT2D eigenvalue weighted by molar-refractivity contribution is 5.42. The molecule has 1 heterocycles. The van der Waals surface area contributed by atoms with E-state index in [4.69, 9.17) is 9.47 Å². The van der Waals surface area contributed by atoms with Crippen LogP contribution in [0.5, 0.6) is 11.5 Å². The fourth-order valence-corrected chi connectivity index (χ4v) is 2.62. The van der Waals surface area contributed by atoms with Gasteiger partial charge in [0.1, 0.15) is 19.7 Å². The summed E-state index contributed by atoms with van der Waals surface area (Å²) in [6.45, 7) is 2.32. The summed E-state index contributed by atoms with van der Waals surface area (Å²) in [6, 6.07) is 20.3. The molecule has 0 bridgehead atoms. The van der Waals surface area contributed by atoms with E-state index in [9.17, 15) is 0 Å². The molecule has 0 atom stereocenters. The highest BCUT2D eigenvalue weighted by Gasteiger charge is 2.07. The second-order valence-corrected chi connectivity index (χ2v) is 5.82. The number of benzene rings is 2. The Hall–Kier alpha value is -2.85. The van der Waals surface area contributed by atoms with E-state index in [-0.39, 0.29) is 0 Å². The van der Waals surface area contributed by atoms with Crippen molar-refractivity contribution in [2.45, 2.75) is 19.7 Å². The Morgan fingerprint density at radius 2 is 1.64 bits per heavy atom. The Balaban J connectivity index is 1.57. The predicted molar refractivity (Wildman–Crippen MR) is 97.3 cm³/mol. The Kier molecular flexibility index (Phi) is 6.01. The molecule has 1 aromatic heterocycles. The van der Waals surface area contributed by atoms with Crippen LogP contribution < -0.4 is 14.8 Å². The van der Waals surface area contributed by atoms with Crippen LogP contribution in [-0.4, -0.2) is 12.1 Å². The van der Waals surface area contributed by atoms with E-state index >= 15 is 0 Å². The maximum atomic E-state index is 5.90. The number of aromatic nitrogens is 1. The van der Waals surface area contributed by atoms with E-state index in [0.29, 0.717) is 6.61 Å². The Morgan fingerprint density at radius 1 is 0.840 bits per heavy atom. The Morgan fingerprint density at radius 3 is 2.40 bits per heavy atom. The third-order valence-electron chi connectivity index (χ3n) is 3.95. The molecule has 0 unspecified atom stereocenters. The smallest absolute Gasteiger partial charge is 0.161 e. The molecule has 4 nitrogen and oxygen atoms in total. The molecule has 4 heteroatoms. The molecule has 2 N–H and O–H groups in total. The van der Waals surface area contributed by atoms with Crippen LogP contribution >= 0.6 is 0 Å². The van der Waals surface area contributed by atoms with Gasteiger partial charge in [-0.3, -0.25) is 4.98 Å². The summed E-state index contributed by atoms with van der Waals surface area (Å²) >= 11 is 0. The summed E-state index contributed by atoms with van der Waals surface area (Å²) in [7, 11) is 1.67. The van der Waals surface area contributed by atoms with Crippen LogP contribution in [0.15, 0.2) is 73.1 Å². The molecule has 0 radical (unpaired) electrons. The van der Waals surface area contributed by atoms with Gasteiger partial charge < -0.3 is 14.8 Å². The van der Waals surface area contributed by atoms with Gasteiger partial charge in [-0.25, -0.2) is 0 Å². The standard InChI is InChI=1S/C21H22N2O2/c1-24-21-12-18(13-23-15-19-8-5-11-22-14-19)9-10-20(21)25-16-17-6-3-2-4-7-17/h2-12,14,23H,13,15-16H2,1H3/p+1. The van der Waals surface area contributed by atoms with E-state index in [1.807, 2.05) is 54.7 Å². The number of ether oxygens (including phenoxy) is 2. The predicted octanol–water partition coefficient (Wildman–Crippen LogP) is 2.93. The van der Waals surface area contributed by atoms with Crippen LogP contribution in [0.3, 0.4) is 0 Å². The van der Waals surface area contributed by atoms with Crippen molar-refractivity contribution < 1.29 is 14.8 Å². The number of hydrogen-bond acceptors (Lipinski definition) is 3. The third kappa shape index (κ3) is 5.06. The Labute approximate surface area is 148 Å². The molecule has 25 heavy (non-hydrogen) atoms. The SMILES string of the molecule is COc1cc(C[NH2+]Cc2cccnc2)ccc1OCc1ccccc1. The maximum Gasteiger partial charge on any atom is 0.161 e. The van der Waals surface area contributed by atoms with Crippen molar-refractivity contribution >= 4 is 0 Å². The van der Waals surface area contributed by atoms with E-state index in [1.54, 1.807) is 13.3 Å². The fourth-order valence-electron chi connectivity index (χ4n) is 2.62. The van der Waals surface area contributed by atoms with E-state index in [1.165, 1.54) is 11.1 Å². The van der Waals surface area contributed by atoms with E-state index in [2.05, 4.69) is 22.4 Å². The van der Waals surface area contributed by atoms with Crippen LogP contribution in [0.1, 0.15) is 16.7 Å². The fraction of sp³-hybridized carbons (Fsp3) is 0.190. The normalized spacial score (nSPS) is 10.4.